The van der Waals surface area contributed by atoms with Gasteiger partial charge in [-0.25, -0.2) is 0 Å². The van der Waals surface area contributed by atoms with E-state index in [1.807, 2.05) is 4.90 Å². The number of phenolic OH excluding ortho intramolecular Hbond substituents is 2. The summed E-state index contributed by atoms with van der Waals surface area (Å²) >= 11 is 0. The fourth-order valence-corrected chi connectivity index (χ4v) is 3.61. The molecule has 0 aliphatic carbocycles. The van der Waals surface area contributed by atoms with E-state index in [1.54, 1.807) is 0 Å². The van der Waals surface area contributed by atoms with Crippen LogP contribution in [0.4, 0.5) is 0 Å². The number of rotatable bonds is 1. The summed E-state index contributed by atoms with van der Waals surface area (Å²) in [4.78, 5) is 14.5. The molecule has 5 heteroatoms. The molecule has 2 heterocycles. The lowest BCUT2D eigenvalue weighted by Gasteiger charge is -2.35. The van der Waals surface area contributed by atoms with E-state index in [1.165, 1.54) is 18.2 Å². The van der Waals surface area contributed by atoms with Crippen LogP contribution < -0.4 is 5.32 Å². The largest absolute Gasteiger partial charge is 0.508 e. The highest BCUT2D eigenvalue weighted by atomic mass is 16.3. The van der Waals surface area contributed by atoms with Crippen LogP contribution >= 0.6 is 0 Å². The highest BCUT2D eigenvalue weighted by Gasteiger charge is 2.51. The molecule has 0 spiro atoms. The lowest BCUT2D eigenvalue weighted by molar-refractivity contribution is 0.0600. The summed E-state index contributed by atoms with van der Waals surface area (Å²) in [6, 6.07) is 4.06. The van der Waals surface area contributed by atoms with Crippen LogP contribution in [0.5, 0.6) is 11.5 Å². The Bertz CT molecular complexity index is 556. The Morgan fingerprint density at radius 1 is 1.35 bits per heavy atom. The first-order valence-corrected chi connectivity index (χ1v) is 6.96. The van der Waals surface area contributed by atoms with Crippen LogP contribution in [0.15, 0.2) is 18.2 Å². The van der Waals surface area contributed by atoms with E-state index in [-0.39, 0.29) is 28.5 Å². The Morgan fingerprint density at radius 2 is 2.10 bits per heavy atom. The number of nitrogens with one attached hydrogen (secondary N) is 1. The number of benzene rings is 1. The predicted molar refractivity (Wildman–Crippen MR) is 74.7 cm³/mol. The third-order valence-electron chi connectivity index (χ3n) is 4.82. The molecule has 2 unspecified atom stereocenters. The van der Waals surface area contributed by atoms with Crippen molar-refractivity contribution in [3.05, 3.63) is 23.8 Å². The molecule has 3 rings (SSSR count). The molecular formula is C15H20N2O3. The maximum absolute atomic E-state index is 12.7. The molecule has 1 aromatic rings. The number of amides is 1. The number of hydrogen-bond acceptors (Lipinski definition) is 4. The van der Waals surface area contributed by atoms with Crippen LogP contribution in [0, 0.1) is 11.8 Å². The van der Waals surface area contributed by atoms with Gasteiger partial charge in [-0.1, -0.05) is 0 Å². The van der Waals surface area contributed by atoms with Crippen molar-refractivity contribution < 1.29 is 15.0 Å². The van der Waals surface area contributed by atoms with Crippen LogP contribution in [0.25, 0.3) is 0 Å². The van der Waals surface area contributed by atoms with Crippen molar-refractivity contribution in [2.24, 2.45) is 11.8 Å². The Kier molecular flexibility index (Phi) is 2.90. The number of fused-ring (bicyclic) bond motifs is 1. The van der Waals surface area contributed by atoms with Crippen molar-refractivity contribution in [2.45, 2.75) is 19.4 Å². The molecule has 2 saturated heterocycles. The van der Waals surface area contributed by atoms with Crippen molar-refractivity contribution in [1.82, 2.24) is 10.2 Å². The number of carbonyl (C=O) groups is 1. The van der Waals surface area contributed by atoms with Crippen LogP contribution in [0.3, 0.4) is 0 Å². The Labute approximate surface area is 118 Å². The smallest absolute Gasteiger partial charge is 0.258 e. The Hall–Kier alpha value is -1.75. The van der Waals surface area contributed by atoms with Gasteiger partial charge < -0.3 is 20.4 Å². The molecule has 1 aromatic carbocycles. The molecule has 0 bridgehead atoms. The zero-order chi connectivity index (χ0) is 14.5. The summed E-state index contributed by atoms with van der Waals surface area (Å²) in [6.45, 7) is 6.70. The Morgan fingerprint density at radius 3 is 2.80 bits per heavy atom. The van der Waals surface area contributed by atoms with Crippen LogP contribution in [-0.4, -0.2) is 46.2 Å². The molecule has 1 amide bonds. The summed E-state index contributed by atoms with van der Waals surface area (Å²) in [6.07, 6.45) is 0. The maximum atomic E-state index is 12.7. The lowest BCUT2D eigenvalue weighted by atomic mass is 9.84. The van der Waals surface area contributed by atoms with E-state index in [0.29, 0.717) is 18.4 Å². The molecule has 0 radical (unpaired) electrons. The van der Waals surface area contributed by atoms with Gasteiger partial charge in [-0.15, -0.1) is 0 Å². The number of carbonyl (C=O) groups excluding carboxylic acids is 1. The van der Waals surface area contributed by atoms with E-state index in [0.717, 1.165) is 13.1 Å². The van der Waals surface area contributed by atoms with Crippen molar-refractivity contribution in [3.63, 3.8) is 0 Å². The quantitative estimate of drug-likeness (QED) is 0.673. The number of likely N-dealkylation sites (tertiary alicyclic amines) is 1. The fraction of sp³-hybridized carbons (Fsp3) is 0.533. The highest BCUT2D eigenvalue weighted by Crippen LogP contribution is 2.42. The van der Waals surface area contributed by atoms with E-state index in [2.05, 4.69) is 19.2 Å². The van der Waals surface area contributed by atoms with E-state index in [4.69, 9.17) is 0 Å². The third-order valence-corrected chi connectivity index (χ3v) is 4.82. The Balaban J connectivity index is 1.93. The van der Waals surface area contributed by atoms with Gasteiger partial charge in [0.1, 0.15) is 11.5 Å². The second-order valence-corrected chi connectivity index (χ2v) is 6.30. The minimum Gasteiger partial charge on any atom is -0.508 e. The monoisotopic (exact) mass is 276 g/mol. The first-order valence-electron chi connectivity index (χ1n) is 6.96. The zero-order valence-electron chi connectivity index (χ0n) is 11.8. The van der Waals surface area contributed by atoms with Crippen molar-refractivity contribution in [1.29, 1.82) is 0 Å². The minimum absolute atomic E-state index is 0.00925. The number of aromatic hydroxyl groups is 2. The number of hydrogen-bond donors (Lipinski definition) is 3. The SMILES string of the molecule is CC1(C)C2CNCC2CN1C(=O)c1cc(O)ccc1O. The molecule has 3 N–H and O–H groups in total. The van der Waals surface area contributed by atoms with Gasteiger partial charge in [-0.05, 0) is 43.9 Å². The van der Waals surface area contributed by atoms with E-state index >= 15 is 0 Å². The molecule has 2 aliphatic rings. The first kappa shape index (κ1) is 13.2. The standard InChI is InChI=1S/C15H20N2O3/c1-15(2)12-7-16-6-9(12)8-17(15)14(20)11-5-10(18)3-4-13(11)19/h3-5,9,12,16,18-19H,6-8H2,1-2H3. The first-order chi connectivity index (χ1) is 9.41. The van der Waals surface area contributed by atoms with Crippen LogP contribution in [0.2, 0.25) is 0 Å². The molecule has 5 nitrogen and oxygen atoms in total. The van der Waals surface area contributed by atoms with Crippen LogP contribution in [-0.2, 0) is 0 Å². The van der Waals surface area contributed by atoms with E-state index in [9.17, 15) is 15.0 Å². The van der Waals surface area contributed by atoms with Gasteiger partial charge in [-0.2, -0.15) is 0 Å². The minimum atomic E-state index is -0.247. The summed E-state index contributed by atoms with van der Waals surface area (Å²) in [5.74, 6) is 0.598. The van der Waals surface area contributed by atoms with Crippen molar-refractivity contribution in [3.8, 4) is 11.5 Å². The second kappa shape index (κ2) is 4.38. The summed E-state index contributed by atoms with van der Waals surface area (Å²) in [5.41, 5.74) is -0.0746. The molecule has 0 aromatic heterocycles. The summed E-state index contributed by atoms with van der Waals surface area (Å²) in [7, 11) is 0. The molecule has 20 heavy (non-hydrogen) atoms. The van der Waals surface area contributed by atoms with Gasteiger partial charge in [0.05, 0.1) is 5.56 Å². The average molecular weight is 276 g/mol. The summed E-state index contributed by atoms with van der Waals surface area (Å²) < 4.78 is 0. The molecule has 2 fully saturated rings. The predicted octanol–water partition coefficient (Wildman–Crippen LogP) is 1.17. The number of phenols is 2. The van der Waals surface area contributed by atoms with Gasteiger partial charge in [0.2, 0.25) is 0 Å². The number of nitrogens with zero attached hydrogens (tertiary/aromatic N) is 1. The van der Waals surface area contributed by atoms with Crippen LogP contribution in [0.1, 0.15) is 24.2 Å². The second-order valence-electron chi connectivity index (χ2n) is 6.30. The van der Waals surface area contributed by atoms with E-state index < -0.39 is 0 Å². The molecule has 2 atom stereocenters. The fourth-order valence-electron chi connectivity index (χ4n) is 3.61. The van der Waals surface area contributed by atoms with Crippen molar-refractivity contribution >= 4 is 5.91 Å². The normalized spacial score (nSPS) is 27.6. The zero-order valence-corrected chi connectivity index (χ0v) is 11.8. The van der Waals surface area contributed by atoms with Crippen molar-refractivity contribution in [2.75, 3.05) is 19.6 Å². The van der Waals surface area contributed by atoms with Gasteiger partial charge in [0.25, 0.3) is 5.91 Å². The molecule has 0 saturated carbocycles. The summed E-state index contributed by atoms with van der Waals surface area (Å²) in [5, 5.41) is 22.8. The molecule has 2 aliphatic heterocycles. The van der Waals surface area contributed by atoms with Gasteiger partial charge in [0, 0.05) is 25.2 Å². The van der Waals surface area contributed by atoms with Gasteiger partial charge >= 0.3 is 0 Å². The maximum Gasteiger partial charge on any atom is 0.258 e. The topological polar surface area (TPSA) is 72.8 Å². The van der Waals surface area contributed by atoms with Gasteiger partial charge in [0.15, 0.2) is 0 Å². The molecular weight excluding hydrogens is 256 g/mol. The van der Waals surface area contributed by atoms with Gasteiger partial charge in [-0.3, -0.25) is 4.79 Å². The lowest BCUT2D eigenvalue weighted by Crippen LogP contribution is -2.47. The highest BCUT2D eigenvalue weighted by molar-refractivity contribution is 5.98. The average Bonchev–Trinajstić information content (AvgIpc) is 2.94. The molecule has 108 valence electrons. The third kappa shape index (κ3) is 1.85.